The highest BCUT2D eigenvalue weighted by molar-refractivity contribution is 5.77. The van der Waals surface area contributed by atoms with Crippen LogP contribution in [0.15, 0.2) is 18.2 Å². The van der Waals surface area contributed by atoms with Crippen molar-refractivity contribution in [2.75, 3.05) is 0 Å². The Morgan fingerprint density at radius 2 is 1.91 bits per heavy atom. The summed E-state index contributed by atoms with van der Waals surface area (Å²) in [6.45, 7) is 6.72. The molecule has 128 valence electrons. The van der Waals surface area contributed by atoms with Gasteiger partial charge in [0.15, 0.2) is 0 Å². The molecule has 0 fully saturated rings. The van der Waals surface area contributed by atoms with Gasteiger partial charge in [-0.15, -0.1) is 0 Å². The molecule has 0 unspecified atom stereocenters. The van der Waals surface area contributed by atoms with Crippen molar-refractivity contribution in [3.63, 3.8) is 0 Å². The minimum atomic E-state index is -0.624. The lowest BCUT2D eigenvalue weighted by Crippen LogP contribution is -2.40. The van der Waals surface area contributed by atoms with Crippen molar-refractivity contribution in [2.24, 2.45) is 0 Å². The van der Waals surface area contributed by atoms with Crippen LogP contribution in [-0.2, 0) is 16.1 Å². The summed E-state index contributed by atoms with van der Waals surface area (Å²) in [4.78, 5) is 23.3. The van der Waals surface area contributed by atoms with E-state index in [1.165, 1.54) is 0 Å². The van der Waals surface area contributed by atoms with Crippen LogP contribution in [0, 0.1) is 11.6 Å². The van der Waals surface area contributed by atoms with Crippen molar-refractivity contribution < 1.29 is 23.1 Å². The summed E-state index contributed by atoms with van der Waals surface area (Å²) in [5.41, 5.74) is -0.563. The number of hydrogen-bond donors (Lipinski definition) is 2. The number of halogens is 2. The van der Waals surface area contributed by atoms with E-state index in [0.29, 0.717) is 0 Å². The van der Waals surface area contributed by atoms with Gasteiger partial charge >= 0.3 is 6.09 Å². The molecular weight excluding hydrogens is 306 g/mol. The van der Waals surface area contributed by atoms with Crippen LogP contribution in [0.4, 0.5) is 13.6 Å². The number of carbonyl (C=O) groups is 2. The maximum atomic E-state index is 13.4. The zero-order valence-electron chi connectivity index (χ0n) is 13.7. The normalized spacial score (nSPS) is 12.4. The molecule has 0 aliphatic carbocycles. The van der Waals surface area contributed by atoms with Gasteiger partial charge in [0.2, 0.25) is 5.91 Å². The van der Waals surface area contributed by atoms with Gasteiger partial charge in [-0.05, 0) is 45.9 Å². The molecule has 1 rings (SSSR count). The van der Waals surface area contributed by atoms with Gasteiger partial charge in [0, 0.05) is 24.6 Å². The Balaban J connectivity index is 2.41. The fourth-order valence-electron chi connectivity index (χ4n) is 1.78. The van der Waals surface area contributed by atoms with Crippen LogP contribution in [0.5, 0.6) is 0 Å². The standard InChI is InChI=1S/C16H22F2N2O3/c1-10(20-15(22)23-16(2,3)4)7-14(21)19-9-11-8-12(17)5-6-13(11)18/h5-6,8,10H,7,9H2,1-4H3,(H,19,21)(H,20,22)/t10-/m0/s1. The van der Waals surface area contributed by atoms with Crippen molar-refractivity contribution in [3.05, 3.63) is 35.4 Å². The Hall–Kier alpha value is -2.18. The first-order valence-electron chi connectivity index (χ1n) is 7.27. The van der Waals surface area contributed by atoms with Gasteiger partial charge in [0.25, 0.3) is 0 Å². The number of carbonyl (C=O) groups excluding carboxylic acids is 2. The van der Waals surface area contributed by atoms with Crippen LogP contribution in [-0.4, -0.2) is 23.6 Å². The molecule has 23 heavy (non-hydrogen) atoms. The first-order chi connectivity index (χ1) is 10.6. The van der Waals surface area contributed by atoms with E-state index in [2.05, 4.69) is 10.6 Å². The van der Waals surface area contributed by atoms with Crippen LogP contribution >= 0.6 is 0 Å². The number of rotatable bonds is 5. The highest BCUT2D eigenvalue weighted by Crippen LogP contribution is 2.10. The molecule has 0 aliphatic heterocycles. The van der Waals surface area contributed by atoms with Crippen LogP contribution < -0.4 is 10.6 Å². The average molecular weight is 328 g/mol. The Kier molecular flexibility index (Phi) is 6.48. The molecule has 2 amide bonds. The molecule has 0 aromatic heterocycles. The number of nitrogens with one attached hydrogen (secondary N) is 2. The number of hydrogen-bond acceptors (Lipinski definition) is 3. The van der Waals surface area contributed by atoms with Crippen LogP contribution in [0.1, 0.15) is 39.7 Å². The van der Waals surface area contributed by atoms with E-state index in [1.54, 1.807) is 27.7 Å². The summed E-state index contributed by atoms with van der Waals surface area (Å²) in [5.74, 6) is -1.56. The molecule has 2 N–H and O–H groups in total. The Bertz CT molecular complexity index is 571. The molecule has 1 aromatic carbocycles. The SMILES string of the molecule is C[C@@H](CC(=O)NCc1cc(F)ccc1F)NC(=O)OC(C)(C)C. The Morgan fingerprint density at radius 1 is 1.26 bits per heavy atom. The molecule has 1 atom stereocenters. The number of ether oxygens (including phenoxy) is 1. The molecule has 0 spiro atoms. The minimum absolute atomic E-state index is 0.00379. The van der Waals surface area contributed by atoms with Gasteiger partial charge in [-0.2, -0.15) is 0 Å². The van der Waals surface area contributed by atoms with Crippen molar-refractivity contribution in [2.45, 2.75) is 52.3 Å². The highest BCUT2D eigenvalue weighted by Gasteiger charge is 2.19. The second-order valence-electron chi connectivity index (χ2n) is 6.26. The first kappa shape index (κ1) is 18.9. The molecule has 0 aliphatic rings. The summed E-state index contributed by atoms with van der Waals surface area (Å²) >= 11 is 0. The lowest BCUT2D eigenvalue weighted by molar-refractivity contribution is -0.121. The van der Waals surface area contributed by atoms with Gasteiger partial charge in [-0.1, -0.05) is 0 Å². The van der Waals surface area contributed by atoms with Crippen LogP contribution in [0.25, 0.3) is 0 Å². The molecule has 5 nitrogen and oxygen atoms in total. The number of alkyl carbamates (subject to hydrolysis) is 1. The third-order valence-electron chi connectivity index (χ3n) is 2.74. The second-order valence-corrected chi connectivity index (χ2v) is 6.26. The summed E-state index contributed by atoms with van der Waals surface area (Å²) in [7, 11) is 0. The highest BCUT2D eigenvalue weighted by atomic mass is 19.1. The molecule has 0 saturated heterocycles. The predicted octanol–water partition coefficient (Wildman–Crippen LogP) is 2.88. The van der Waals surface area contributed by atoms with Crippen molar-refractivity contribution in [1.82, 2.24) is 10.6 Å². The summed E-state index contributed by atoms with van der Waals surface area (Å²) < 4.78 is 31.5. The first-order valence-corrected chi connectivity index (χ1v) is 7.27. The molecular formula is C16H22F2N2O3. The topological polar surface area (TPSA) is 67.4 Å². The number of amides is 2. The zero-order valence-corrected chi connectivity index (χ0v) is 13.7. The van der Waals surface area contributed by atoms with Gasteiger partial charge in [0.05, 0.1) is 0 Å². The predicted molar refractivity (Wildman–Crippen MR) is 81.7 cm³/mol. The van der Waals surface area contributed by atoms with E-state index in [0.717, 1.165) is 18.2 Å². The second kappa shape index (κ2) is 7.89. The quantitative estimate of drug-likeness (QED) is 0.873. The average Bonchev–Trinajstić information content (AvgIpc) is 2.37. The molecule has 7 heteroatoms. The molecule has 0 bridgehead atoms. The summed E-state index contributed by atoms with van der Waals surface area (Å²) in [6, 6.07) is 2.58. The maximum Gasteiger partial charge on any atom is 0.407 e. The van der Waals surface area contributed by atoms with E-state index in [1.807, 2.05) is 0 Å². The van der Waals surface area contributed by atoms with Crippen LogP contribution in [0.3, 0.4) is 0 Å². The molecule has 0 saturated carbocycles. The Morgan fingerprint density at radius 3 is 2.52 bits per heavy atom. The lowest BCUT2D eigenvalue weighted by atomic mass is 10.2. The molecule has 0 radical (unpaired) electrons. The van der Waals surface area contributed by atoms with E-state index < -0.39 is 35.3 Å². The van der Waals surface area contributed by atoms with Gasteiger partial charge in [-0.3, -0.25) is 4.79 Å². The summed E-state index contributed by atoms with van der Waals surface area (Å²) in [6.07, 6.45) is -0.620. The molecule has 0 heterocycles. The molecule has 1 aromatic rings. The monoisotopic (exact) mass is 328 g/mol. The van der Waals surface area contributed by atoms with Crippen molar-refractivity contribution in [3.8, 4) is 0 Å². The van der Waals surface area contributed by atoms with Crippen LogP contribution in [0.2, 0.25) is 0 Å². The van der Waals surface area contributed by atoms with E-state index in [4.69, 9.17) is 4.74 Å². The maximum absolute atomic E-state index is 13.4. The smallest absolute Gasteiger partial charge is 0.407 e. The van der Waals surface area contributed by atoms with Crippen molar-refractivity contribution >= 4 is 12.0 Å². The number of benzene rings is 1. The third kappa shape index (κ3) is 7.58. The zero-order chi connectivity index (χ0) is 17.6. The summed E-state index contributed by atoms with van der Waals surface area (Å²) in [5, 5.41) is 5.01. The van der Waals surface area contributed by atoms with E-state index in [-0.39, 0.29) is 18.5 Å². The fraction of sp³-hybridized carbons (Fsp3) is 0.500. The van der Waals surface area contributed by atoms with E-state index >= 15 is 0 Å². The largest absolute Gasteiger partial charge is 0.444 e. The third-order valence-corrected chi connectivity index (χ3v) is 2.74. The Labute approximate surface area is 134 Å². The van der Waals surface area contributed by atoms with Gasteiger partial charge in [-0.25, -0.2) is 13.6 Å². The fourth-order valence-corrected chi connectivity index (χ4v) is 1.78. The van der Waals surface area contributed by atoms with Crippen molar-refractivity contribution in [1.29, 1.82) is 0 Å². The van der Waals surface area contributed by atoms with Gasteiger partial charge < -0.3 is 15.4 Å². The van der Waals surface area contributed by atoms with E-state index in [9.17, 15) is 18.4 Å². The van der Waals surface area contributed by atoms with Gasteiger partial charge in [0.1, 0.15) is 17.2 Å². The lowest BCUT2D eigenvalue weighted by Gasteiger charge is -2.21. The minimum Gasteiger partial charge on any atom is -0.444 e.